The van der Waals surface area contributed by atoms with E-state index < -0.39 is 18.5 Å². The second-order valence-electron chi connectivity index (χ2n) is 5.16. The number of alkyl halides is 2. The smallest absolute Gasteiger partial charge is 0.387 e. The summed E-state index contributed by atoms with van der Waals surface area (Å²) in [5.41, 5.74) is 0.658. The molecule has 1 unspecified atom stereocenters. The predicted octanol–water partition coefficient (Wildman–Crippen LogP) is 4.04. The molecule has 0 bridgehead atoms. The number of carboxylic acids is 1. The Balaban J connectivity index is 2.14. The summed E-state index contributed by atoms with van der Waals surface area (Å²) in [5.74, 6) is -1.23. The molecule has 0 saturated heterocycles. The fourth-order valence-electron chi connectivity index (χ4n) is 2.94. The van der Waals surface area contributed by atoms with Crippen LogP contribution in [0.4, 0.5) is 8.78 Å². The van der Waals surface area contributed by atoms with Crippen LogP contribution in [0.25, 0.3) is 0 Å². The van der Waals surface area contributed by atoms with Gasteiger partial charge in [-0.25, -0.2) is 0 Å². The molecule has 1 saturated carbocycles. The number of carboxylic acid groups (broad SMARTS) is 1. The van der Waals surface area contributed by atoms with Gasteiger partial charge >= 0.3 is 12.6 Å². The van der Waals surface area contributed by atoms with Gasteiger partial charge in [0.05, 0.1) is 5.92 Å². The summed E-state index contributed by atoms with van der Waals surface area (Å²) >= 11 is 0. The molecule has 0 spiro atoms. The van der Waals surface area contributed by atoms with Crippen molar-refractivity contribution in [2.45, 2.75) is 44.6 Å². The molecule has 1 aliphatic carbocycles. The average molecular weight is 284 g/mol. The lowest BCUT2D eigenvalue weighted by molar-refractivity contribution is -0.140. The van der Waals surface area contributed by atoms with Crippen molar-refractivity contribution in [1.29, 1.82) is 0 Å². The van der Waals surface area contributed by atoms with Crippen molar-refractivity contribution < 1.29 is 23.4 Å². The summed E-state index contributed by atoms with van der Waals surface area (Å²) in [4.78, 5) is 11.5. The molecule has 0 heterocycles. The molecule has 1 aromatic rings. The normalized spacial score (nSPS) is 17.9. The van der Waals surface area contributed by atoms with Gasteiger partial charge in [-0.2, -0.15) is 8.78 Å². The van der Waals surface area contributed by atoms with Crippen LogP contribution in [0, 0.1) is 5.92 Å². The fraction of sp³-hybridized carbons (Fsp3) is 0.533. The molecule has 3 nitrogen and oxygen atoms in total. The minimum absolute atomic E-state index is 0.0523. The topological polar surface area (TPSA) is 46.5 Å². The van der Waals surface area contributed by atoms with Crippen molar-refractivity contribution >= 4 is 5.97 Å². The number of carbonyl (C=O) groups is 1. The molecule has 0 aliphatic heterocycles. The SMILES string of the molecule is O=C(O)C(c1ccc(OC(F)F)cc1)C1CCCCC1. The summed E-state index contributed by atoms with van der Waals surface area (Å²) in [5, 5.41) is 9.44. The van der Waals surface area contributed by atoms with Crippen LogP contribution in [0.1, 0.15) is 43.6 Å². The molecule has 1 aliphatic rings. The molecular formula is C15H18F2O3. The van der Waals surface area contributed by atoms with E-state index in [9.17, 15) is 18.7 Å². The van der Waals surface area contributed by atoms with Crippen molar-refractivity contribution in [1.82, 2.24) is 0 Å². The molecule has 1 atom stereocenters. The Morgan fingerprint density at radius 1 is 1.15 bits per heavy atom. The molecule has 1 fully saturated rings. The maximum atomic E-state index is 12.1. The van der Waals surface area contributed by atoms with Crippen LogP contribution < -0.4 is 4.74 Å². The molecule has 0 radical (unpaired) electrons. The lowest BCUT2D eigenvalue weighted by Crippen LogP contribution is -2.23. The molecule has 110 valence electrons. The third kappa shape index (κ3) is 3.68. The third-order valence-electron chi connectivity index (χ3n) is 3.85. The highest BCUT2D eigenvalue weighted by Gasteiger charge is 2.30. The van der Waals surface area contributed by atoms with E-state index in [1.165, 1.54) is 12.1 Å². The molecule has 0 amide bonds. The summed E-state index contributed by atoms with van der Waals surface area (Å²) in [7, 11) is 0. The zero-order chi connectivity index (χ0) is 14.5. The number of aliphatic carboxylic acids is 1. The second-order valence-corrected chi connectivity index (χ2v) is 5.16. The van der Waals surface area contributed by atoms with E-state index in [1.54, 1.807) is 12.1 Å². The average Bonchev–Trinajstić information content (AvgIpc) is 2.41. The number of rotatable bonds is 5. The first-order valence-electron chi connectivity index (χ1n) is 6.85. The zero-order valence-corrected chi connectivity index (χ0v) is 11.1. The molecule has 0 aromatic heterocycles. The van der Waals surface area contributed by atoms with Crippen LogP contribution in [-0.4, -0.2) is 17.7 Å². The van der Waals surface area contributed by atoms with Gasteiger partial charge in [0.15, 0.2) is 0 Å². The summed E-state index contributed by atoms with van der Waals surface area (Å²) in [6, 6.07) is 5.96. The molecule has 1 N–H and O–H groups in total. The molecule has 1 aromatic carbocycles. The van der Waals surface area contributed by atoms with E-state index in [2.05, 4.69) is 4.74 Å². The van der Waals surface area contributed by atoms with Crippen LogP contribution in [0.3, 0.4) is 0 Å². The number of hydrogen-bond donors (Lipinski definition) is 1. The number of ether oxygens (including phenoxy) is 1. The number of halogens is 2. The quantitative estimate of drug-likeness (QED) is 0.887. The van der Waals surface area contributed by atoms with E-state index in [4.69, 9.17) is 0 Å². The van der Waals surface area contributed by atoms with Gasteiger partial charge in [-0.05, 0) is 36.5 Å². The third-order valence-corrected chi connectivity index (χ3v) is 3.85. The van der Waals surface area contributed by atoms with E-state index >= 15 is 0 Å². The zero-order valence-electron chi connectivity index (χ0n) is 11.1. The Bertz CT molecular complexity index is 439. The highest BCUT2D eigenvalue weighted by Crippen LogP contribution is 2.36. The first-order valence-corrected chi connectivity index (χ1v) is 6.85. The molecule has 20 heavy (non-hydrogen) atoms. The maximum absolute atomic E-state index is 12.1. The lowest BCUT2D eigenvalue weighted by atomic mass is 9.77. The van der Waals surface area contributed by atoms with Gasteiger partial charge in [0, 0.05) is 0 Å². The molecule has 2 rings (SSSR count). The Morgan fingerprint density at radius 3 is 2.25 bits per heavy atom. The van der Waals surface area contributed by atoms with E-state index in [-0.39, 0.29) is 11.7 Å². The monoisotopic (exact) mass is 284 g/mol. The van der Waals surface area contributed by atoms with Gasteiger partial charge in [0.2, 0.25) is 0 Å². The highest BCUT2D eigenvalue weighted by atomic mass is 19.3. The largest absolute Gasteiger partial charge is 0.481 e. The van der Waals surface area contributed by atoms with Crippen molar-refractivity contribution in [2.75, 3.05) is 0 Å². The van der Waals surface area contributed by atoms with Crippen molar-refractivity contribution in [3.05, 3.63) is 29.8 Å². The standard InChI is InChI=1S/C15H18F2O3/c16-15(17)20-12-8-6-11(7-9-12)13(14(18)19)10-4-2-1-3-5-10/h6-10,13,15H,1-5H2,(H,18,19). The Hall–Kier alpha value is -1.65. The van der Waals surface area contributed by atoms with Crippen molar-refractivity contribution in [3.63, 3.8) is 0 Å². The number of benzene rings is 1. The van der Waals surface area contributed by atoms with Gasteiger partial charge < -0.3 is 9.84 Å². The van der Waals surface area contributed by atoms with Gasteiger partial charge in [0.25, 0.3) is 0 Å². The van der Waals surface area contributed by atoms with E-state index in [1.807, 2.05) is 0 Å². The van der Waals surface area contributed by atoms with Gasteiger partial charge in [-0.1, -0.05) is 31.4 Å². The van der Waals surface area contributed by atoms with E-state index in [0.717, 1.165) is 32.1 Å². The van der Waals surface area contributed by atoms with Gasteiger partial charge in [-0.15, -0.1) is 0 Å². The Kier molecular flexibility index (Phi) is 4.93. The van der Waals surface area contributed by atoms with Crippen LogP contribution in [0.15, 0.2) is 24.3 Å². The van der Waals surface area contributed by atoms with Crippen LogP contribution in [-0.2, 0) is 4.79 Å². The summed E-state index contributed by atoms with van der Waals surface area (Å²) < 4.78 is 28.4. The maximum Gasteiger partial charge on any atom is 0.387 e. The predicted molar refractivity (Wildman–Crippen MR) is 70.0 cm³/mol. The fourth-order valence-corrected chi connectivity index (χ4v) is 2.94. The summed E-state index contributed by atoms with van der Waals surface area (Å²) in [6.07, 6.45) is 5.09. The minimum atomic E-state index is -2.87. The van der Waals surface area contributed by atoms with Crippen LogP contribution in [0.5, 0.6) is 5.75 Å². The van der Waals surface area contributed by atoms with E-state index in [0.29, 0.717) is 5.56 Å². The minimum Gasteiger partial charge on any atom is -0.481 e. The van der Waals surface area contributed by atoms with Crippen LogP contribution in [0.2, 0.25) is 0 Å². The van der Waals surface area contributed by atoms with Crippen molar-refractivity contribution in [2.24, 2.45) is 5.92 Å². The molecular weight excluding hydrogens is 266 g/mol. The first-order chi connectivity index (χ1) is 9.58. The lowest BCUT2D eigenvalue weighted by Gasteiger charge is -2.27. The molecule has 5 heteroatoms. The Morgan fingerprint density at radius 2 is 1.75 bits per heavy atom. The second kappa shape index (κ2) is 6.68. The van der Waals surface area contributed by atoms with Crippen LogP contribution >= 0.6 is 0 Å². The van der Waals surface area contributed by atoms with Gasteiger partial charge in [0.1, 0.15) is 5.75 Å². The summed E-state index contributed by atoms with van der Waals surface area (Å²) in [6.45, 7) is -2.87. The van der Waals surface area contributed by atoms with Gasteiger partial charge in [-0.3, -0.25) is 4.79 Å². The highest BCUT2D eigenvalue weighted by molar-refractivity contribution is 5.76. The number of hydrogen-bond acceptors (Lipinski definition) is 2. The Labute approximate surface area is 116 Å². The van der Waals surface area contributed by atoms with Crippen molar-refractivity contribution in [3.8, 4) is 5.75 Å². The first kappa shape index (κ1) is 14.8.